The van der Waals surface area contributed by atoms with Gasteiger partial charge in [0.2, 0.25) is 0 Å². The van der Waals surface area contributed by atoms with Crippen LogP contribution in [-0.4, -0.2) is 0 Å². The molecule has 0 aliphatic heterocycles. The SMILES string of the molecule is C[C@@]12CCC[C@@H]1[C@H]1CC[C@H]3C[C@@H](Cc4ccccc4)CC[C@]3(C)[C@H]1CC2. The maximum atomic E-state index is 2.73. The maximum absolute atomic E-state index is 2.73. The monoisotopic (exact) mass is 350 g/mol. The minimum Gasteiger partial charge on any atom is -0.0622 e. The first kappa shape index (κ1) is 17.3. The summed E-state index contributed by atoms with van der Waals surface area (Å²) < 4.78 is 0. The Morgan fingerprint density at radius 1 is 0.846 bits per heavy atom. The molecule has 0 aromatic heterocycles. The minimum absolute atomic E-state index is 0.667. The average Bonchev–Trinajstić information content (AvgIpc) is 3.05. The maximum Gasteiger partial charge on any atom is -0.0250 e. The molecule has 0 unspecified atom stereocenters. The predicted octanol–water partition coefficient (Wildman–Crippen LogP) is 7.28. The van der Waals surface area contributed by atoms with Crippen LogP contribution in [0, 0.1) is 40.4 Å². The lowest BCUT2D eigenvalue weighted by Gasteiger charge is -2.60. The second kappa shape index (κ2) is 6.39. The Bertz CT molecular complexity index is 633. The lowest BCUT2D eigenvalue weighted by molar-refractivity contribution is -0.111. The second-order valence-electron chi connectivity index (χ2n) is 11.1. The molecule has 5 rings (SSSR count). The van der Waals surface area contributed by atoms with Gasteiger partial charge >= 0.3 is 0 Å². The van der Waals surface area contributed by atoms with E-state index in [1.54, 1.807) is 24.8 Å². The van der Waals surface area contributed by atoms with Crippen molar-refractivity contribution in [2.75, 3.05) is 0 Å². The second-order valence-corrected chi connectivity index (χ2v) is 11.1. The van der Waals surface area contributed by atoms with Gasteiger partial charge in [-0.15, -0.1) is 0 Å². The van der Waals surface area contributed by atoms with E-state index in [1.807, 2.05) is 0 Å². The van der Waals surface area contributed by atoms with Gasteiger partial charge in [0, 0.05) is 0 Å². The number of hydrogen-bond acceptors (Lipinski definition) is 0. The molecular weight excluding hydrogens is 312 g/mol. The molecular formula is C26H38. The molecule has 4 saturated carbocycles. The van der Waals surface area contributed by atoms with Crippen LogP contribution < -0.4 is 0 Å². The summed E-state index contributed by atoms with van der Waals surface area (Å²) >= 11 is 0. The topological polar surface area (TPSA) is 0 Å². The molecule has 4 aliphatic rings. The molecule has 0 heteroatoms. The van der Waals surface area contributed by atoms with E-state index < -0.39 is 0 Å². The highest BCUT2D eigenvalue weighted by Gasteiger charge is 2.57. The standard InChI is InChI=1S/C26H38/c1-25-14-6-9-23(25)22-11-10-21-18-20(17-19-7-4-3-5-8-19)12-16-26(21,2)24(22)13-15-25/h3-5,7-8,20-24H,6,9-18H2,1-2H3/t20-,21+,22-,23-,24+,25+,26+/m1/s1. The van der Waals surface area contributed by atoms with Gasteiger partial charge in [0.25, 0.3) is 0 Å². The van der Waals surface area contributed by atoms with E-state index in [1.165, 1.54) is 51.4 Å². The highest BCUT2D eigenvalue weighted by atomic mass is 14.6. The normalized spacial score (nSPS) is 47.7. The molecule has 0 radical (unpaired) electrons. The van der Waals surface area contributed by atoms with Crippen LogP contribution in [0.3, 0.4) is 0 Å². The first-order chi connectivity index (χ1) is 12.6. The molecule has 1 aromatic rings. The summed E-state index contributed by atoms with van der Waals surface area (Å²) in [6.07, 6.45) is 16.6. The van der Waals surface area contributed by atoms with Gasteiger partial charge in [-0.3, -0.25) is 0 Å². The fraction of sp³-hybridized carbons (Fsp3) is 0.769. The molecule has 1 aromatic carbocycles. The quantitative estimate of drug-likeness (QED) is 0.526. The molecule has 0 bridgehead atoms. The van der Waals surface area contributed by atoms with E-state index in [0.29, 0.717) is 5.41 Å². The van der Waals surface area contributed by atoms with Crippen molar-refractivity contribution in [3.8, 4) is 0 Å². The van der Waals surface area contributed by atoms with Crippen LogP contribution in [0.25, 0.3) is 0 Å². The third-order valence-corrected chi connectivity index (χ3v) is 9.92. The van der Waals surface area contributed by atoms with Gasteiger partial charge < -0.3 is 0 Å². The molecule has 0 N–H and O–H groups in total. The van der Waals surface area contributed by atoms with Gasteiger partial charge in [0.1, 0.15) is 0 Å². The molecule has 0 nitrogen and oxygen atoms in total. The van der Waals surface area contributed by atoms with E-state index in [4.69, 9.17) is 0 Å². The van der Waals surface area contributed by atoms with Crippen LogP contribution in [-0.2, 0) is 6.42 Å². The lowest BCUT2D eigenvalue weighted by Crippen LogP contribution is -2.52. The Kier molecular flexibility index (Phi) is 4.26. The predicted molar refractivity (Wildman–Crippen MR) is 110 cm³/mol. The molecule has 4 fully saturated rings. The first-order valence-corrected chi connectivity index (χ1v) is 11.6. The number of hydrogen-bond donors (Lipinski definition) is 0. The molecule has 7 atom stereocenters. The van der Waals surface area contributed by atoms with Crippen molar-refractivity contribution in [1.82, 2.24) is 0 Å². The molecule has 0 spiro atoms. The summed E-state index contributed by atoms with van der Waals surface area (Å²) in [7, 11) is 0. The zero-order valence-electron chi connectivity index (χ0n) is 17.1. The first-order valence-electron chi connectivity index (χ1n) is 11.6. The zero-order chi connectivity index (χ0) is 17.8. The van der Waals surface area contributed by atoms with Crippen LogP contribution >= 0.6 is 0 Å². The number of benzene rings is 1. The van der Waals surface area contributed by atoms with E-state index in [-0.39, 0.29) is 0 Å². The largest absolute Gasteiger partial charge is 0.0622 e. The number of rotatable bonds is 2. The van der Waals surface area contributed by atoms with Crippen molar-refractivity contribution >= 4 is 0 Å². The van der Waals surface area contributed by atoms with Crippen molar-refractivity contribution in [2.45, 2.75) is 84.5 Å². The molecule has 0 amide bonds. The lowest BCUT2D eigenvalue weighted by atomic mass is 9.44. The van der Waals surface area contributed by atoms with Crippen LogP contribution in [0.5, 0.6) is 0 Å². The average molecular weight is 351 g/mol. The summed E-state index contributed by atoms with van der Waals surface area (Å²) in [5.41, 5.74) is 2.95. The van der Waals surface area contributed by atoms with Crippen molar-refractivity contribution in [3.63, 3.8) is 0 Å². The fourth-order valence-corrected chi connectivity index (χ4v) is 8.47. The Hall–Kier alpha value is -0.780. The van der Waals surface area contributed by atoms with Gasteiger partial charge in [0.15, 0.2) is 0 Å². The molecule has 0 saturated heterocycles. The van der Waals surface area contributed by atoms with E-state index >= 15 is 0 Å². The van der Waals surface area contributed by atoms with Crippen molar-refractivity contribution in [1.29, 1.82) is 0 Å². The van der Waals surface area contributed by atoms with Gasteiger partial charge in [-0.2, -0.15) is 0 Å². The van der Waals surface area contributed by atoms with Crippen molar-refractivity contribution in [2.24, 2.45) is 40.4 Å². The molecule has 142 valence electrons. The van der Waals surface area contributed by atoms with Crippen LogP contribution in [0.1, 0.15) is 83.6 Å². The Morgan fingerprint density at radius 3 is 2.54 bits per heavy atom. The minimum atomic E-state index is 0.667. The summed E-state index contributed by atoms with van der Waals surface area (Å²) in [5.74, 6) is 5.14. The zero-order valence-corrected chi connectivity index (χ0v) is 17.1. The van der Waals surface area contributed by atoms with Gasteiger partial charge in [0.05, 0.1) is 0 Å². The van der Waals surface area contributed by atoms with Crippen LogP contribution in [0.15, 0.2) is 30.3 Å². The Balaban J connectivity index is 1.31. The number of fused-ring (bicyclic) bond motifs is 5. The summed E-state index contributed by atoms with van der Waals surface area (Å²) in [6.45, 7) is 5.37. The van der Waals surface area contributed by atoms with Crippen molar-refractivity contribution in [3.05, 3.63) is 35.9 Å². The van der Waals surface area contributed by atoms with E-state index in [0.717, 1.165) is 35.0 Å². The molecule has 4 aliphatic carbocycles. The third-order valence-electron chi connectivity index (χ3n) is 9.92. The molecule has 26 heavy (non-hydrogen) atoms. The van der Waals surface area contributed by atoms with Crippen LogP contribution in [0.2, 0.25) is 0 Å². The van der Waals surface area contributed by atoms with Gasteiger partial charge in [-0.05, 0) is 110 Å². The van der Waals surface area contributed by atoms with E-state index in [2.05, 4.69) is 44.2 Å². The smallest absolute Gasteiger partial charge is 0.0250 e. The highest BCUT2D eigenvalue weighted by Crippen LogP contribution is 2.66. The van der Waals surface area contributed by atoms with Crippen LogP contribution in [0.4, 0.5) is 0 Å². The summed E-state index contributed by atoms with van der Waals surface area (Å²) in [6, 6.07) is 11.3. The van der Waals surface area contributed by atoms with Gasteiger partial charge in [-0.25, -0.2) is 0 Å². The summed E-state index contributed by atoms with van der Waals surface area (Å²) in [4.78, 5) is 0. The van der Waals surface area contributed by atoms with Crippen molar-refractivity contribution < 1.29 is 0 Å². The summed E-state index contributed by atoms with van der Waals surface area (Å²) in [5, 5.41) is 0. The highest BCUT2D eigenvalue weighted by molar-refractivity contribution is 5.16. The Labute approximate surface area is 161 Å². The Morgan fingerprint density at radius 2 is 1.69 bits per heavy atom. The van der Waals surface area contributed by atoms with E-state index in [9.17, 15) is 0 Å². The van der Waals surface area contributed by atoms with Gasteiger partial charge in [-0.1, -0.05) is 50.6 Å². The fourth-order valence-electron chi connectivity index (χ4n) is 8.47. The third kappa shape index (κ3) is 2.70. The molecule has 0 heterocycles.